The standard InChI is InChI=1S/C29H31FN4O4/c1-18-14-20(16-32-26(18)31-13-12-25(35)37-29(2,3)4)27-33-28(38-34-27)19-10-11-22(21(15-19)17-36-5)23-8-6-7-9-24(23)30/h6-11,14-16H,12-13,17H2,1-5H3,(H,31,32). The van der Waals surface area contributed by atoms with Gasteiger partial charge in [-0.15, -0.1) is 0 Å². The number of halogens is 1. The summed E-state index contributed by atoms with van der Waals surface area (Å²) in [5.74, 6) is 0.809. The summed E-state index contributed by atoms with van der Waals surface area (Å²) < 4.78 is 30.6. The highest BCUT2D eigenvalue weighted by Gasteiger charge is 2.17. The van der Waals surface area contributed by atoms with E-state index in [1.807, 2.05) is 52.0 Å². The van der Waals surface area contributed by atoms with Gasteiger partial charge in [-0.2, -0.15) is 4.98 Å². The molecule has 0 aliphatic carbocycles. The zero-order chi connectivity index (χ0) is 27.3. The number of ether oxygens (including phenoxy) is 2. The van der Waals surface area contributed by atoms with Gasteiger partial charge in [-0.3, -0.25) is 4.79 Å². The summed E-state index contributed by atoms with van der Waals surface area (Å²) in [6.45, 7) is 8.12. The lowest BCUT2D eigenvalue weighted by atomic mass is 9.97. The lowest BCUT2D eigenvalue weighted by Crippen LogP contribution is -2.25. The Morgan fingerprint density at radius 2 is 1.87 bits per heavy atom. The van der Waals surface area contributed by atoms with Gasteiger partial charge in [0, 0.05) is 36.5 Å². The fraction of sp³-hybridized carbons (Fsp3) is 0.310. The lowest BCUT2D eigenvalue weighted by molar-refractivity contribution is -0.154. The average Bonchev–Trinajstić information content (AvgIpc) is 3.35. The molecule has 38 heavy (non-hydrogen) atoms. The van der Waals surface area contributed by atoms with Crippen LogP contribution in [0, 0.1) is 12.7 Å². The maximum Gasteiger partial charge on any atom is 0.308 e. The van der Waals surface area contributed by atoms with Crippen LogP contribution >= 0.6 is 0 Å². The van der Waals surface area contributed by atoms with Crippen LogP contribution in [0.1, 0.15) is 38.3 Å². The zero-order valence-electron chi connectivity index (χ0n) is 22.2. The molecule has 4 aromatic rings. The molecule has 0 aliphatic rings. The van der Waals surface area contributed by atoms with E-state index in [-0.39, 0.29) is 18.2 Å². The summed E-state index contributed by atoms with van der Waals surface area (Å²) in [7, 11) is 1.59. The molecule has 0 fully saturated rings. The van der Waals surface area contributed by atoms with Crippen LogP contribution in [-0.2, 0) is 20.9 Å². The van der Waals surface area contributed by atoms with E-state index in [1.54, 1.807) is 31.5 Å². The monoisotopic (exact) mass is 518 g/mol. The predicted octanol–water partition coefficient (Wildman–Crippen LogP) is 6.20. The number of methoxy groups -OCH3 is 1. The van der Waals surface area contributed by atoms with Crippen LogP contribution < -0.4 is 5.32 Å². The fourth-order valence-electron chi connectivity index (χ4n) is 3.96. The van der Waals surface area contributed by atoms with E-state index in [1.165, 1.54) is 6.07 Å². The van der Waals surface area contributed by atoms with Crippen molar-refractivity contribution < 1.29 is 23.2 Å². The minimum Gasteiger partial charge on any atom is -0.460 e. The maximum atomic E-state index is 14.4. The smallest absolute Gasteiger partial charge is 0.308 e. The Balaban J connectivity index is 1.49. The average molecular weight is 519 g/mol. The van der Waals surface area contributed by atoms with Crippen molar-refractivity contribution in [2.45, 2.75) is 46.3 Å². The largest absolute Gasteiger partial charge is 0.460 e. The number of anilines is 1. The van der Waals surface area contributed by atoms with Gasteiger partial charge in [0.2, 0.25) is 5.82 Å². The van der Waals surface area contributed by atoms with Crippen molar-refractivity contribution in [3.8, 4) is 34.0 Å². The van der Waals surface area contributed by atoms with Gasteiger partial charge in [-0.1, -0.05) is 29.4 Å². The fourth-order valence-corrected chi connectivity index (χ4v) is 3.96. The number of carbonyl (C=O) groups is 1. The first kappa shape index (κ1) is 26.9. The summed E-state index contributed by atoms with van der Waals surface area (Å²) in [6.07, 6.45) is 1.88. The van der Waals surface area contributed by atoms with Gasteiger partial charge in [-0.25, -0.2) is 9.37 Å². The first-order valence-corrected chi connectivity index (χ1v) is 12.3. The molecule has 0 amide bonds. The number of nitrogens with zero attached hydrogens (tertiary/aromatic N) is 3. The van der Waals surface area contributed by atoms with Gasteiger partial charge >= 0.3 is 5.97 Å². The van der Waals surface area contributed by atoms with E-state index >= 15 is 0 Å². The highest BCUT2D eigenvalue weighted by molar-refractivity contribution is 5.72. The number of pyridine rings is 1. The van der Waals surface area contributed by atoms with Crippen molar-refractivity contribution in [1.82, 2.24) is 15.1 Å². The third kappa shape index (κ3) is 6.60. The van der Waals surface area contributed by atoms with E-state index in [2.05, 4.69) is 20.4 Å². The van der Waals surface area contributed by atoms with Gasteiger partial charge in [0.1, 0.15) is 17.2 Å². The Bertz CT molecular complexity index is 1430. The molecule has 0 saturated carbocycles. The second-order valence-electron chi connectivity index (χ2n) is 9.86. The van der Waals surface area contributed by atoms with Crippen molar-refractivity contribution in [1.29, 1.82) is 0 Å². The van der Waals surface area contributed by atoms with Crippen molar-refractivity contribution in [2.75, 3.05) is 19.0 Å². The molecule has 0 unspecified atom stereocenters. The number of aryl methyl sites for hydroxylation is 1. The number of nitrogens with one attached hydrogen (secondary N) is 1. The Morgan fingerprint density at radius 3 is 2.58 bits per heavy atom. The van der Waals surface area contributed by atoms with Crippen LogP contribution in [-0.4, -0.2) is 40.3 Å². The third-order valence-corrected chi connectivity index (χ3v) is 5.62. The number of carbonyl (C=O) groups excluding carboxylic acids is 1. The number of esters is 1. The molecule has 1 N–H and O–H groups in total. The van der Waals surface area contributed by atoms with E-state index in [4.69, 9.17) is 14.0 Å². The number of hydrogen-bond donors (Lipinski definition) is 1. The highest BCUT2D eigenvalue weighted by atomic mass is 19.1. The minimum atomic E-state index is -0.510. The molecule has 9 heteroatoms. The Labute approximate surface area is 221 Å². The van der Waals surface area contributed by atoms with Gasteiger partial charge in [0.05, 0.1) is 13.0 Å². The summed E-state index contributed by atoms with van der Waals surface area (Å²) in [4.78, 5) is 20.9. The third-order valence-electron chi connectivity index (χ3n) is 5.62. The molecule has 8 nitrogen and oxygen atoms in total. The summed E-state index contributed by atoms with van der Waals surface area (Å²) >= 11 is 0. The maximum absolute atomic E-state index is 14.4. The van der Waals surface area contributed by atoms with Gasteiger partial charge in [0.15, 0.2) is 0 Å². The quantitative estimate of drug-likeness (QED) is 0.261. The van der Waals surface area contributed by atoms with Crippen molar-refractivity contribution in [3.05, 3.63) is 71.7 Å². The van der Waals surface area contributed by atoms with Crippen LogP contribution in [0.4, 0.5) is 10.2 Å². The molecule has 0 saturated heterocycles. The minimum absolute atomic E-state index is 0.231. The summed E-state index contributed by atoms with van der Waals surface area (Å²) in [5.41, 5.74) is 3.78. The summed E-state index contributed by atoms with van der Waals surface area (Å²) in [5, 5.41) is 7.29. The molecular weight excluding hydrogens is 487 g/mol. The Hall–Kier alpha value is -4.11. The van der Waals surface area contributed by atoms with Crippen LogP contribution in [0.3, 0.4) is 0 Å². The van der Waals surface area contributed by atoms with E-state index in [0.29, 0.717) is 47.4 Å². The highest BCUT2D eigenvalue weighted by Crippen LogP contribution is 2.31. The van der Waals surface area contributed by atoms with Gasteiger partial charge < -0.3 is 19.3 Å². The molecule has 0 spiro atoms. The Morgan fingerprint density at radius 1 is 1.08 bits per heavy atom. The Kier molecular flexibility index (Phi) is 8.16. The molecule has 0 radical (unpaired) electrons. The molecular formula is C29H31FN4O4. The van der Waals surface area contributed by atoms with Crippen LogP contribution in [0.25, 0.3) is 34.0 Å². The molecule has 2 aromatic carbocycles. The van der Waals surface area contributed by atoms with Crippen LogP contribution in [0.2, 0.25) is 0 Å². The molecule has 198 valence electrons. The van der Waals surface area contributed by atoms with Gasteiger partial charge in [0.25, 0.3) is 5.89 Å². The molecule has 2 heterocycles. The van der Waals surface area contributed by atoms with Gasteiger partial charge in [-0.05, 0) is 68.7 Å². The van der Waals surface area contributed by atoms with Crippen molar-refractivity contribution >= 4 is 11.8 Å². The SMILES string of the molecule is COCc1cc(-c2nc(-c3cnc(NCCC(=O)OC(C)(C)C)c(C)c3)no2)ccc1-c1ccccc1F. The van der Waals surface area contributed by atoms with Crippen LogP contribution in [0.5, 0.6) is 0 Å². The van der Waals surface area contributed by atoms with E-state index in [0.717, 1.165) is 16.7 Å². The molecule has 2 aromatic heterocycles. The number of rotatable bonds is 9. The molecule has 0 aliphatic heterocycles. The van der Waals surface area contributed by atoms with Crippen molar-refractivity contribution in [3.63, 3.8) is 0 Å². The number of aromatic nitrogens is 3. The predicted molar refractivity (Wildman–Crippen MR) is 143 cm³/mol. The summed E-state index contributed by atoms with van der Waals surface area (Å²) in [6, 6.07) is 14.0. The van der Waals surface area contributed by atoms with E-state index in [9.17, 15) is 9.18 Å². The van der Waals surface area contributed by atoms with Crippen LogP contribution in [0.15, 0.2) is 59.3 Å². The van der Waals surface area contributed by atoms with E-state index < -0.39 is 5.60 Å². The zero-order valence-corrected chi connectivity index (χ0v) is 22.2. The second-order valence-corrected chi connectivity index (χ2v) is 9.86. The molecule has 4 rings (SSSR count). The normalized spacial score (nSPS) is 11.4. The van der Waals surface area contributed by atoms with Crippen molar-refractivity contribution in [2.24, 2.45) is 0 Å². The topological polar surface area (TPSA) is 99.4 Å². The first-order valence-electron chi connectivity index (χ1n) is 12.3. The molecule has 0 atom stereocenters. The first-order chi connectivity index (χ1) is 18.1. The number of benzene rings is 2. The number of hydrogen-bond acceptors (Lipinski definition) is 8. The second kappa shape index (κ2) is 11.5. The molecule has 0 bridgehead atoms. The lowest BCUT2D eigenvalue weighted by Gasteiger charge is -2.19.